The summed E-state index contributed by atoms with van der Waals surface area (Å²) < 4.78 is 10.9. The summed E-state index contributed by atoms with van der Waals surface area (Å²) in [5, 5.41) is 0. The second kappa shape index (κ2) is 6.45. The molecule has 4 heteroatoms. The van der Waals surface area contributed by atoms with Crippen LogP contribution >= 0.6 is 15.9 Å². The number of rotatable bonds is 3. The molecule has 3 nitrogen and oxygen atoms in total. The van der Waals surface area contributed by atoms with Crippen LogP contribution in [0.1, 0.15) is 11.1 Å². The molecule has 26 heavy (non-hydrogen) atoms. The minimum Gasteiger partial charge on any atom is -0.496 e. The number of ether oxygens (including phenoxy) is 2. The highest BCUT2D eigenvalue weighted by Crippen LogP contribution is 2.52. The lowest BCUT2D eigenvalue weighted by Crippen LogP contribution is -2.36. The van der Waals surface area contributed by atoms with Gasteiger partial charge in [0, 0.05) is 36.6 Å². The first-order valence-electron chi connectivity index (χ1n) is 8.46. The second-order valence-electron chi connectivity index (χ2n) is 6.29. The van der Waals surface area contributed by atoms with Gasteiger partial charge in [-0.3, -0.25) is 0 Å². The molecule has 0 radical (unpaired) electrons. The maximum atomic E-state index is 5.90. The molecule has 1 heterocycles. The average Bonchev–Trinajstić information content (AvgIpc) is 2.69. The van der Waals surface area contributed by atoms with E-state index in [1.165, 1.54) is 0 Å². The van der Waals surface area contributed by atoms with Crippen LogP contribution in [-0.4, -0.2) is 25.8 Å². The molecule has 1 unspecified atom stereocenters. The largest absolute Gasteiger partial charge is 0.496 e. The van der Waals surface area contributed by atoms with Gasteiger partial charge in [0.1, 0.15) is 5.75 Å². The molecule has 2 aliphatic rings. The lowest BCUT2D eigenvalue weighted by molar-refractivity contribution is 0.147. The van der Waals surface area contributed by atoms with Crippen molar-refractivity contribution < 1.29 is 9.47 Å². The molecule has 2 aromatic carbocycles. The summed E-state index contributed by atoms with van der Waals surface area (Å²) in [7, 11) is 5.51. The van der Waals surface area contributed by atoms with Crippen molar-refractivity contribution in [1.29, 1.82) is 0 Å². The Balaban J connectivity index is 2.15. The van der Waals surface area contributed by atoms with Crippen LogP contribution in [0.4, 0.5) is 5.69 Å². The number of alkyl halides is 1. The van der Waals surface area contributed by atoms with Gasteiger partial charge in [-0.25, -0.2) is 0 Å². The van der Waals surface area contributed by atoms with E-state index in [2.05, 4.69) is 64.3 Å². The number of anilines is 1. The van der Waals surface area contributed by atoms with Gasteiger partial charge in [0.25, 0.3) is 0 Å². The topological polar surface area (TPSA) is 21.7 Å². The normalized spacial score (nSPS) is 21.2. The minimum atomic E-state index is -0.699. The van der Waals surface area contributed by atoms with Crippen LogP contribution in [0.5, 0.6) is 5.75 Å². The van der Waals surface area contributed by atoms with Gasteiger partial charge < -0.3 is 14.4 Å². The highest BCUT2D eigenvalue weighted by Gasteiger charge is 2.41. The summed E-state index contributed by atoms with van der Waals surface area (Å²) in [5.41, 5.74) is 6.61. The van der Waals surface area contributed by atoms with Gasteiger partial charge in [-0.15, -0.1) is 0 Å². The summed E-state index contributed by atoms with van der Waals surface area (Å²) in [6, 6.07) is 16.6. The third kappa shape index (κ3) is 2.44. The van der Waals surface area contributed by atoms with Crippen molar-refractivity contribution in [3.63, 3.8) is 0 Å². The van der Waals surface area contributed by atoms with Crippen molar-refractivity contribution in [3.8, 4) is 5.75 Å². The predicted molar refractivity (Wildman–Crippen MR) is 110 cm³/mol. The van der Waals surface area contributed by atoms with E-state index in [4.69, 9.17) is 9.47 Å². The van der Waals surface area contributed by atoms with E-state index in [0.717, 1.165) is 39.4 Å². The molecule has 0 aromatic heterocycles. The maximum absolute atomic E-state index is 5.90. The zero-order valence-electron chi connectivity index (χ0n) is 15.0. The average molecular weight is 410 g/mol. The highest BCUT2D eigenvalue weighted by molar-refractivity contribution is 9.10. The van der Waals surface area contributed by atoms with Gasteiger partial charge in [-0.2, -0.15) is 0 Å². The number of methoxy groups -OCH3 is 2. The van der Waals surface area contributed by atoms with Crippen molar-refractivity contribution in [2.45, 2.75) is 4.51 Å². The maximum Gasteiger partial charge on any atom is 0.169 e. The molecule has 0 N–H and O–H groups in total. The van der Waals surface area contributed by atoms with E-state index in [1.54, 1.807) is 14.2 Å². The molecule has 2 aromatic rings. The van der Waals surface area contributed by atoms with Gasteiger partial charge >= 0.3 is 0 Å². The van der Waals surface area contributed by atoms with E-state index in [0.29, 0.717) is 0 Å². The SMILES string of the molecule is COc1cccc2c1C(c1ccccc1)=C1C(=CC=CC1(Br)OC)N2C. The van der Waals surface area contributed by atoms with Crippen LogP contribution in [0.15, 0.2) is 78.0 Å². The molecule has 1 aliphatic carbocycles. The zero-order chi connectivity index (χ0) is 18.3. The van der Waals surface area contributed by atoms with Gasteiger partial charge in [0.2, 0.25) is 0 Å². The number of allylic oxidation sites excluding steroid dienone is 2. The Labute approximate surface area is 162 Å². The van der Waals surface area contributed by atoms with Crippen molar-refractivity contribution >= 4 is 27.2 Å². The van der Waals surface area contributed by atoms with E-state index in [9.17, 15) is 0 Å². The summed E-state index contributed by atoms with van der Waals surface area (Å²) in [4.78, 5) is 2.19. The third-order valence-corrected chi connectivity index (χ3v) is 5.95. The first-order chi connectivity index (χ1) is 12.6. The van der Waals surface area contributed by atoms with Crippen LogP contribution in [0.25, 0.3) is 5.57 Å². The van der Waals surface area contributed by atoms with Crippen molar-refractivity contribution in [1.82, 2.24) is 0 Å². The van der Waals surface area contributed by atoms with E-state index in [-0.39, 0.29) is 0 Å². The number of fused-ring (bicyclic) bond motifs is 2. The van der Waals surface area contributed by atoms with Gasteiger partial charge in [-0.1, -0.05) is 42.5 Å². The van der Waals surface area contributed by atoms with E-state index >= 15 is 0 Å². The number of halogens is 1. The van der Waals surface area contributed by atoms with Crippen LogP contribution < -0.4 is 9.64 Å². The molecule has 0 fully saturated rings. The van der Waals surface area contributed by atoms with E-state index < -0.39 is 4.51 Å². The predicted octanol–water partition coefficient (Wildman–Crippen LogP) is 5.14. The number of hydrogen-bond acceptors (Lipinski definition) is 3. The molecule has 1 atom stereocenters. The van der Waals surface area contributed by atoms with Crippen LogP contribution in [0, 0.1) is 0 Å². The lowest BCUT2D eigenvalue weighted by atomic mass is 9.82. The number of likely N-dealkylation sites (N-methyl/N-ethyl adjacent to an activating group) is 1. The molecule has 4 rings (SSSR count). The smallest absolute Gasteiger partial charge is 0.169 e. The lowest BCUT2D eigenvalue weighted by Gasteiger charge is -2.41. The standard InChI is InChI=1S/C22H20BrNO2/c1-24-16-11-7-13-18(25-2)20(16)19(15-9-5-4-6-10-15)21-17(24)12-8-14-22(21,23)26-3/h4-14H,1-3H3. The molecule has 0 saturated heterocycles. The number of nitrogens with zero attached hydrogens (tertiary/aromatic N) is 1. The second-order valence-corrected chi connectivity index (χ2v) is 7.47. The Morgan fingerprint density at radius 2 is 1.77 bits per heavy atom. The van der Waals surface area contributed by atoms with Gasteiger partial charge in [0.05, 0.1) is 12.8 Å². The molecule has 0 saturated carbocycles. The number of hydrogen-bond donors (Lipinski definition) is 0. The first-order valence-corrected chi connectivity index (χ1v) is 9.25. The molecule has 0 bridgehead atoms. The molecule has 0 spiro atoms. The highest BCUT2D eigenvalue weighted by atomic mass is 79.9. The fraction of sp³-hybridized carbons (Fsp3) is 0.182. The van der Waals surface area contributed by atoms with Crippen molar-refractivity contribution in [2.75, 3.05) is 26.2 Å². The molecular weight excluding hydrogens is 390 g/mol. The monoisotopic (exact) mass is 409 g/mol. The van der Waals surface area contributed by atoms with E-state index in [1.807, 2.05) is 30.4 Å². The Bertz CT molecular complexity index is 946. The minimum absolute atomic E-state index is 0.699. The Hall–Kier alpha value is -2.30. The molecule has 132 valence electrons. The quantitative estimate of drug-likeness (QED) is 0.655. The fourth-order valence-electron chi connectivity index (χ4n) is 3.72. The van der Waals surface area contributed by atoms with Gasteiger partial charge in [0.15, 0.2) is 4.51 Å². The molecule has 1 aliphatic heterocycles. The zero-order valence-corrected chi connectivity index (χ0v) is 16.6. The van der Waals surface area contributed by atoms with Crippen LogP contribution in [0.3, 0.4) is 0 Å². The first kappa shape index (κ1) is 17.1. The Morgan fingerprint density at radius 3 is 2.46 bits per heavy atom. The fourth-order valence-corrected chi connectivity index (χ4v) is 4.28. The Kier molecular flexibility index (Phi) is 4.25. The summed E-state index contributed by atoms with van der Waals surface area (Å²) >= 11 is 3.82. The van der Waals surface area contributed by atoms with Crippen molar-refractivity contribution in [2.24, 2.45) is 0 Å². The molecule has 0 amide bonds. The third-order valence-electron chi connectivity index (χ3n) is 4.97. The van der Waals surface area contributed by atoms with Crippen LogP contribution in [0.2, 0.25) is 0 Å². The Morgan fingerprint density at radius 1 is 1.00 bits per heavy atom. The van der Waals surface area contributed by atoms with Gasteiger partial charge in [-0.05, 0) is 45.8 Å². The van der Waals surface area contributed by atoms with Crippen LogP contribution in [-0.2, 0) is 4.74 Å². The summed E-state index contributed by atoms with van der Waals surface area (Å²) in [6.07, 6.45) is 6.18. The summed E-state index contributed by atoms with van der Waals surface area (Å²) in [5.74, 6) is 0.847. The number of benzene rings is 2. The van der Waals surface area contributed by atoms with Crippen molar-refractivity contribution in [3.05, 3.63) is 89.2 Å². The summed E-state index contributed by atoms with van der Waals surface area (Å²) in [6.45, 7) is 0. The molecular formula is C22H20BrNO2.